The Hall–Kier alpha value is -3.75. The molecule has 0 saturated carbocycles. The summed E-state index contributed by atoms with van der Waals surface area (Å²) in [5.41, 5.74) is 2.99. The van der Waals surface area contributed by atoms with Crippen molar-refractivity contribution in [3.8, 4) is 11.5 Å². The molecule has 0 aliphatic carbocycles. The van der Waals surface area contributed by atoms with Crippen molar-refractivity contribution in [2.75, 3.05) is 11.9 Å². The van der Waals surface area contributed by atoms with Gasteiger partial charge in [-0.2, -0.15) is 0 Å². The molecule has 1 N–H and O–H groups in total. The Kier molecular flexibility index (Phi) is 4.39. The van der Waals surface area contributed by atoms with Gasteiger partial charge in [-0.15, -0.1) is 10.2 Å². The van der Waals surface area contributed by atoms with Crippen molar-refractivity contribution < 1.29 is 13.9 Å². The standard InChI is InChI=1S/C20H17FN6O2/c21-16-1-2-17-14(5-8-28-17)15(16)9-23-20-24-10-18(19-26-25-12-27(19)20)29-11-13-3-6-22-7-4-13/h1-4,6-7,10,12H,5,8-9,11H2,(H,23,24). The molecule has 146 valence electrons. The molecule has 4 aromatic rings. The molecule has 3 aromatic heterocycles. The lowest BCUT2D eigenvalue weighted by Crippen LogP contribution is -2.10. The molecule has 29 heavy (non-hydrogen) atoms. The van der Waals surface area contributed by atoms with Crippen LogP contribution in [0.25, 0.3) is 5.65 Å². The molecule has 0 fully saturated rings. The third-order valence-corrected chi connectivity index (χ3v) is 4.81. The summed E-state index contributed by atoms with van der Waals surface area (Å²) in [5, 5.41) is 11.3. The fourth-order valence-electron chi connectivity index (χ4n) is 3.34. The molecule has 5 rings (SSSR count). The first-order valence-corrected chi connectivity index (χ1v) is 9.17. The van der Waals surface area contributed by atoms with E-state index in [0.29, 0.717) is 42.5 Å². The van der Waals surface area contributed by atoms with Gasteiger partial charge in [0.25, 0.3) is 0 Å². The second-order valence-corrected chi connectivity index (χ2v) is 6.57. The molecule has 0 saturated heterocycles. The summed E-state index contributed by atoms with van der Waals surface area (Å²) in [6.45, 7) is 1.21. The fraction of sp³-hybridized carbons (Fsp3) is 0.200. The van der Waals surface area contributed by atoms with Crippen LogP contribution in [0.2, 0.25) is 0 Å². The molecule has 9 heteroatoms. The third kappa shape index (κ3) is 3.31. The molecule has 4 heterocycles. The van der Waals surface area contributed by atoms with E-state index < -0.39 is 0 Å². The number of anilines is 1. The number of fused-ring (bicyclic) bond motifs is 2. The number of nitrogens with one attached hydrogen (secondary N) is 1. The van der Waals surface area contributed by atoms with Gasteiger partial charge >= 0.3 is 0 Å². The summed E-state index contributed by atoms with van der Waals surface area (Å²) >= 11 is 0. The molecule has 0 bridgehead atoms. The smallest absolute Gasteiger partial charge is 0.210 e. The summed E-state index contributed by atoms with van der Waals surface area (Å²) < 4.78 is 27.4. The summed E-state index contributed by atoms with van der Waals surface area (Å²) in [6.07, 6.45) is 7.24. The molecule has 1 aromatic carbocycles. The predicted molar refractivity (Wildman–Crippen MR) is 102 cm³/mol. The molecule has 0 spiro atoms. The Morgan fingerprint density at radius 1 is 1.21 bits per heavy atom. The topological polar surface area (TPSA) is 86.5 Å². The lowest BCUT2D eigenvalue weighted by atomic mass is 10.0. The van der Waals surface area contributed by atoms with Crippen LogP contribution in [0, 0.1) is 5.82 Å². The number of benzene rings is 1. The minimum Gasteiger partial charge on any atom is -0.493 e. The van der Waals surface area contributed by atoms with Crippen molar-refractivity contribution in [2.45, 2.75) is 19.6 Å². The zero-order valence-electron chi connectivity index (χ0n) is 15.4. The number of hydrogen-bond donors (Lipinski definition) is 1. The number of nitrogens with zero attached hydrogens (tertiary/aromatic N) is 5. The summed E-state index contributed by atoms with van der Waals surface area (Å²) in [5.74, 6) is 1.48. The van der Waals surface area contributed by atoms with E-state index in [0.717, 1.165) is 16.9 Å². The van der Waals surface area contributed by atoms with E-state index >= 15 is 0 Å². The van der Waals surface area contributed by atoms with Crippen LogP contribution in [0.4, 0.5) is 10.3 Å². The van der Waals surface area contributed by atoms with Gasteiger partial charge in [0, 0.05) is 36.5 Å². The second-order valence-electron chi connectivity index (χ2n) is 6.57. The van der Waals surface area contributed by atoms with Gasteiger partial charge in [-0.25, -0.2) is 13.8 Å². The highest BCUT2D eigenvalue weighted by atomic mass is 19.1. The Morgan fingerprint density at radius 2 is 2.10 bits per heavy atom. The van der Waals surface area contributed by atoms with Crippen molar-refractivity contribution in [1.29, 1.82) is 0 Å². The minimum atomic E-state index is -0.265. The number of ether oxygens (including phenoxy) is 2. The van der Waals surface area contributed by atoms with Gasteiger partial charge in [0.1, 0.15) is 24.5 Å². The van der Waals surface area contributed by atoms with E-state index in [1.165, 1.54) is 6.07 Å². The van der Waals surface area contributed by atoms with Crippen LogP contribution in [0.15, 0.2) is 49.2 Å². The van der Waals surface area contributed by atoms with Gasteiger partial charge in [-0.3, -0.25) is 4.98 Å². The molecule has 0 unspecified atom stereocenters. The summed E-state index contributed by atoms with van der Waals surface area (Å²) in [7, 11) is 0. The molecule has 8 nitrogen and oxygen atoms in total. The first-order valence-electron chi connectivity index (χ1n) is 9.17. The van der Waals surface area contributed by atoms with E-state index in [9.17, 15) is 4.39 Å². The molecule has 0 atom stereocenters. The average Bonchev–Trinajstić information content (AvgIpc) is 3.42. The number of hydrogen-bond acceptors (Lipinski definition) is 7. The van der Waals surface area contributed by atoms with E-state index in [2.05, 4.69) is 25.5 Å². The molecule has 0 amide bonds. The number of rotatable bonds is 6. The van der Waals surface area contributed by atoms with Crippen molar-refractivity contribution in [3.63, 3.8) is 0 Å². The Bertz CT molecular complexity index is 1160. The van der Waals surface area contributed by atoms with Gasteiger partial charge in [0.15, 0.2) is 5.75 Å². The lowest BCUT2D eigenvalue weighted by Gasteiger charge is -2.13. The maximum Gasteiger partial charge on any atom is 0.210 e. The largest absolute Gasteiger partial charge is 0.493 e. The van der Waals surface area contributed by atoms with Crippen molar-refractivity contribution in [3.05, 3.63) is 71.7 Å². The quantitative estimate of drug-likeness (QED) is 0.540. The van der Waals surface area contributed by atoms with Gasteiger partial charge in [-0.05, 0) is 29.8 Å². The maximum atomic E-state index is 14.4. The third-order valence-electron chi connectivity index (χ3n) is 4.81. The summed E-state index contributed by atoms with van der Waals surface area (Å²) in [4.78, 5) is 8.40. The fourth-order valence-corrected chi connectivity index (χ4v) is 3.34. The van der Waals surface area contributed by atoms with Crippen molar-refractivity contribution >= 4 is 11.6 Å². The van der Waals surface area contributed by atoms with Crippen molar-refractivity contribution in [1.82, 2.24) is 24.6 Å². The molecule has 1 aliphatic rings. The Balaban J connectivity index is 1.37. The highest BCUT2D eigenvalue weighted by Gasteiger charge is 2.20. The van der Waals surface area contributed by atoms with E-state index in [1.54, 1.807) is 35.4 Å². The minimum absolute atomic E-state index is 0.265. The molecular formula is C20H17FN6O2. The Labute approximate surface area is 165 Å². The van der Waals surface area contributed by atoms with Crippen LogP contribution in [-0.2, 0) is 19.6 Å². The van der Waals surface area contributed by atoms with Crippen LogP contribution in [0.1, 0.15) is 16.7 Å². The highest BCUT2D eigenvalue weighted by molar-refractivity contribution is 5.56. The Morgan fingerprint density at radius 3 is 3.00 bits per heavy atom. The highest BCUT2D eigenvalue weighted by Crippen LogP contribution is 2.30. The molecular weight excluding hydrogens is 375 g/mol. The second kappa shape index (κ2) is 7.34. The average molecular weight is 392 g/mol. The van der Waals surface area contributed by atoms with Crippen molar-refractivity contribution in [2.24, 2.45) is 0 Å². The number of pyridine rings is 1. The van der Waals surface area contributed by atoms with Crippen LogP contribution < -0.4 is 14.8 Å². The van der Waals surface area contributed by atoms with Gasteiger partial charge in [-0.1, -0.05) is 0 Å². The van der Waals surface area contributed by atoms with E-state index in [1.807, 2.05) is 12.1 Å². The zero-order chi connectivity index (χ0) is 19.6. The van der Waals surface area contributed by atoms with E-state index in [4.69, 9.17) is 9.47 Å². The SMILES string of the molecule is Fc1ccc2c(c1CNc1ncc(OCc3ccncc3)c3nncn13)CCO2. The van der Waals surface area contributed by atoms with Gasteiger partial charge in [0.05, 0.1) is 12.8 Å². The lowest BCUT2D eigenvalue weighted by molar-refractivity contribution is 0.306. The van der Waals surface area contributed by atoms with Gasteiger partial charge in [0.2, 0.25) is 11.6 Å². The first-order chi connectivity index (χ1) is 14.3. The number of halogens is 1. The molecule has 0 radical (unpaired) electrons. The molecule has 1 aliphatic heterocycles. The van der Waals surface area contributed by atoms with Crippen LogP contribution in [0.5, 0.6) is 11.5 Å². The number of aromatic nitrogens is 5. The normalized spacial score (nSPS) is 12.6. The van der Waals surface area contributed by atoms with Crippen LogP contribution in [-0.4, -0.2) is 31.2 Å². The zero-order valence-corrected chi connectivity index (χ0v) is 15.4. The maximum absolute atomic E-state index is 14.4. The summed E-state index contributed by atoms with van der Waals surface area (Å²) in [6, 6.07) is 6.85. The first kappa shape index (κ1) is 17.4. The predicted octanol–water partition coefficient (Wildman–Crippen LogP) is 2.78. The van der Waals surface area contributed by atoms with Gasteiger partial charge < -0.3 is 14.8 Å². The van der Waals surface area contributed by atoms with Crippen LogP contribution >= 0.6 is 0 Å². The monoisotopic (exact) mass is 392 g/mol. The van der Waals surface area contributed by atoms with Crippen LogP contribution in [0.3, 0.4) is 0 Å². The van der Waals surface area contributed by atoms with E-state index in [-0.39, 0.29) is 12.4 Å².